The topological polar surface area (TPSA) is 59.0 Å². The first-order valence-corrected chi connectivity index (χ1v) is 12.4. The summed E-state index contributed by atoms with van der Waals surface area (Å²) < 4.78 is 12.5. The number of hydrogen-bond acceptors (Lipinski definition) is 4. The largest absolute Gasteiger partial charge is 0.386 e. The predicted molar refractivity (Wildman–Crippen MR) is 136 cm³/mol. The van der Waals surface area contributed by atoms with E-state index in [1.54, 1.807) is 36.9 Å². The lowest BCUT2D eigenvalue weighted by molar-refractivity contribution is -0.147. The van der Waals surface area contributed by atoms with Crippen LogP contribution in [0.25, 0.3) is 0 Å². The van der Waals surface area contributed by atoms with Gasteiger partial charge in [-0.15, -0.1) is 0 Å². The normalized spacial score (nSPS) is 22.0. The number of nitrogens with zero attached hydrogens (tertiary/aromatic N) is 1. The predicted octanol–water partition coefficient (Wildman–Crippen LogP) is 5.88. The Labute approximate surface area is 215 Å². The molecule has 2 aliphatic rings. The summed E-state index contributed by atoms with van der Waals surface area (Å²) in [4.78, 5) is 15.8. The van der Waals surface area contributed by atoms with Gasteiger partial charge in [0.15, 0.2) is 5.72 Å². The number of hydrogen-bond donors (Lipinski definition) is 1. The van der Waals surface area contributed by atoms with Gasteiger partial charge in [0, 0.05) is 39.9 Å². The molecular weight excluding hydrogens is 485 g/mol. The molecule has 5 rings (SSSR count). The SMILES string of the molecule is CC(C)(O)c1ccc2c(c1)C(=O)N(Cc1ccc(Cl)cc1)[C@@]2(O[C@H]1CCOC1)c1ccc(Cl)cc1. The van der Waals surface area contributed by atoms with E-state index in [-0.39, 0.29) is 12.0 Å². The van der Waals surface area contributed by atoms with E-state index in [1.165, 1.54) is 0 Å². The van der Waals surface area contributed by atoms with Crippen molar-refractivity contribution < 1.29 is 19.4 Å². The summed E-state index contributed by atoms with van der Waals surface area (Å²) in [6, 6.07) is 20.4. The van der Waals surface area contributed by atoms with Crippen molar-refractivity contribution >= 4 is 29.1 Å². The number of halogens is 2. The molecule has 1 saturated heterocycles. The number of fused-ring (bicyclic) bond motifs is 1. The fraction of sp³-hybridized carbons (Fsp3) is 0.321. The summed E-state index contributed by atoms with van der Waals surface area (Å²) in [5.74, 6) is -0.171. The highest BCUT2D eigenvalue weighted by Gasteiger charge is 2.54. The summed E-state index contributed by atoms with van der Waals surface area (Å²) >= 11 is 12.3. The van der Waals surface area contributed by atoms with Crippen molar-refractivity contribution in [3.8, 4) is 0 Å². The summed E-state index contributed by atoms with van der Waals surface area (Å²) in [5, 5.41) is 11.9. The van der Waals surface area contributed by atoms with E-state index in [4.69, 9.17) is 32.7 Å². The van der Waals surface area contributed by atoms with E-state index in [0.717, 1.165) is 23.1 Å². The average molecular weight is 512 g/mol. The van der Waals surface area contributed by atoms with Gasteiger partial charge in [-0.1, -0.05) is 59.6 Å². The maximum Gasteiger partial charge on any atom is 0.257 e. The van der Waals surface area contributed by atoms with Gasteiger partial charge in [-0.05, 0) is 61.7 Å². The van der Waals surface area contributed by atoms with Crippen LogP contribution in [-0.2, 0) is 27.3 Å². The third-order valence-electron chi connectivity index (χ3n) is 6.66. The van der Waals surface area contributed by atoms with Crippen molar-refractivity contribution in [2.75, 3.05) is 13.2 Å². The highest BCUT2D eigenvalue weighted by Crippen LogP contribution is 2.48. The quantitative estimate of drug-likeness (QED) is 0.448. The number of carbonyl (C=O) groups excluding carboxylic acids is 1. The van der Waals surface area contributed by atoms with E-state index < -0.39 is 11.3 Å². The summed E-state index contributed by atoms with van der Waals surface area (Å²) in [6.45, 7) is 4.78. The smallest absolute Gasteiger partial charge is 0.257 e. The van der Waals surface area contributed by atoms with Crippen LogP contribution in [0.2, 0.25) is 10.0 Å². The zero-order chi connectivity index (χ0) is 24.8. The number of aliphatic hydroxyl groups is 1. The van der Waals surface area contributed by atoms with Crippen molar-refractivity contribution in [3.63, 3.8) is 0 Å². The molecule has 182 valence electrons. The zero-order valence-corrected chi connectivity index (χ0v) is 21.1. The molecule has 3 aromatic rings. The molecule has 0 unspecified atom stereocenters. The third kappa shape index (κ3) is 4.48. The molecule has 0 spiro atoms. The molecule has 5 nitrogen and oxygen atoms in total. The molecule has 0 bridgehead atoms. The summed E-state index contributed by atoms with van der Waals surface area (Å²) in [6.07, 6.45) is 0.543. The van der Waals surface area contributed by atoms with Gasteiger partial charge in [-0.25, -0.2) is 0 Å². The molecule has 1 amide bonds. The second-order valence-corrected chi connectivity index (χ2v) is 10.5. The molecular formula is C28H27Cl2NO4. The molecule has 2 heterocycles. The van der Waals surface area contributed by atoms with Crippen molar-refractivity contribution in [2.45, 2.75) is 44.2 Å². The van der Waals surface area contributed by atoms with E-state index in [0.29, 0.717) is 40.9 Å². The Kier molecular flexibility index (Phi) is 6.41. The van der Waals surface area contributed by atoms with Crippen LogP contribution >= 0.6 is 23.2 Å². The number of benzene rings is 3. The highest BCUT2D eigenvalue weighted by molar-refractivity contribution is 6.30. The third-order valence-corrected chi connectivity index (χ3v) is 7.17. The summed E-state index contributed by atoms with van der Waals surface area (Å²) in [7, 11) is 0. The van der Waals surface area contributed by atoms with Crippen LogP contribution in [-0.4, -0.2) is 35.2 Å². The van der Waals surface area contributed by atoms with E-state index >= 15 is 0 Å². The fourth-order valence-corrected chi connectivity index (χ4v) is 5.07. The molecule has 3 aromatic carbocycles. The molecule has 2 atom stereocenters. The van der Waals surface area contributed by atoms with Gasteiger partial charge in [-0.3, -0.25) is 9.69 Å². The number of amides is 1. The lowest BCUT2D eigenvalue weighted by Gasteiger charge is -2.41. The average Bonchev–Trinajstić information content (AvgIpc) is 3.42. The molecule has 35 heavy (non-hydrogen) atoms. The van der Waals surface area contributed by atoms with Crippen molar-refractivity contribution in [1.29, 1.82) is 0 Å². The Morgan fingerprint density at radius 3 is 2.31 bits per heavy atom. The Hall–Kier alpha value is -2.41. The minimum absolute atomic E-state index is 0.171. The van der Waals surface area contributed by atoms with E-state index in [1.807, 2.05) is 48.5 Å². The Morgan fingerprint density at radius 1 is 1.06 bits per heavy atom. The van der Waals surface area contributed by atoms with Gasteiger partial charge in [0.2, 0.25) is 0 Å². The molecule has 2 aliphatic heterocycles. The van der Waals surface area contributed by atoms with Crippen LogP contribution in [0, 0.1) is 0 Å². The highest BCUT2D eigenvalue weighted by atomic mass is 35.5. The van der Waals surface area contributed by atoms with E-state index in [2.05, 4.69) is 0 Å². The standard InChI is InChI=1S/C28H27Cl2NO4/c1-27(2,33)20-7-12-25-24(15-20)26(32)31(16-18-3-8-21(29)9-4-18)28(25,35-23-13-14-34-17-23)19-5-10-22(30)11-6-19/h3-12,15,23,33H,13-14,16-17H2,1-2H3/t23-,28+/m0/s1. The Balaban J connectivity index is 1.72. The maximum atomic E-state index is 14.1. The maximum absolute atomic E-state index is 14.1. The monoisotopic (exact) mass is 511 g/mol. The molecule has 1 fully saturated rings. The molecule has 0 saturated carbocycles. The van der Waals surface area contributed by atoms with Crippen LogP contribution in [0.15, 0.2) is 66.7 Å². The van der Waals surface area contributed by atoms with Crippen LogP contribution in [0.4, 0.5) is 0 Å². The Bertz CT molecular complexity index is 1230. The van der Waals surface area contributed by atoms with Gasteiger partial charge in [0.05, 0.1) is 18.3 Å². The Morgan fingerprint density at radius 2 is 1.71 bits per heavy atom. The van der Waals surface area contributed by atoms with Gasteiger partial charge in [-0.2, -0.15) is 0 Å². The van der Waals surface area contributed by atoms with Crippen molar-refractivity contribution in [3.05, 3.63) is 105 Å². The van der Waals surface area contributed by atoms with Gasteiger partial charge in [0.25, 0.3) is 5.91 Å². The summed E-state index contributed by atoms with van der Waals surface area (Å²) in [5.41, 5.74) is 1.34. The van der Waals surface area contributed by atoms with Gasteiger partial charge in [0.1, 0.15) is 0 Å². The van der Waals surface area contributed by atoms with Crippen molar-refractivity contribution in [1.82, 2.24) is 4.90 Å². The molecule has 1 N–H and O–H groups in total. The molecule has 7 heteroatoms. The first kappa shape index (κ1) is 24.3. The zero-order valence-electron chi connectivity index (χ0n) is 19.6. The van der Waals surface area contributed by atoms with E-state index in [9.17, 15) is 9.90 Å². The van der Waals surface area contributed by atoms with Crippen LogP contribution in [0.1, 0.15) is 52.9 Å². The first-order chi connectivity index (χ1) is 16.7. The molecule has 0 aliphatic carbocycles. The minimum Gasteiger partial charge on any atom is -0.386 e. The first-order valence-electron chi connectivity index (χ1n) is 11.6. The minimum atomic E-state index is -1.19. The number of ether oxygens (including phenoxy) is 2. The lowest BCUT2D eigenvalue weighted by atomic mass is 9.89. The second kappa shape index (κ2) is 9.23. The van der Waals surface area contributed by atoms with Crippen LogP contribution < -0.4 is 0 Å². The number of carbonyl (C=O) groups is 1. The van der Waals surface area contributed by atoms with Crippen LogP contribution in [0.5, 0.6) is 0 Å². The van der Waals surface area contributed by atoms with Crippen molar-refractivity contribution in [2.24, 2.45) is 0 Å². The molecule has 0 radical (unpaired) electrons. The number of rotatable bonds is 6. The second-order valence-electron chi connectivity index (χ2n) is 9.59. The van der Waals surface area contributed by atoms with Gasteiger partial charge >= 0.3 is 0 Å². The fourth-order valence-electron chi connectivity index (χ4n) is 4.82. The van der Waals surface area contributed by atoms with Gasteiger partial charge < -0.3 is 14.6 Å². The molecule has 0 aromatic heterocycles. The van der Waals surface area contributed by atoms with Crippen LogP contribution in [0.3, 0.4) is 0 Å². The lowest BCUT2D eigenvalue weighted by Crippen LogP contribution is -2.48.